The van der Waals surface area contributed by atoms with E-state index in [0.717, 1.165) is 17.0 Å². The minimum absolute atomic E-state index is 0.395. The molecule has 0 aromatic carbocycles. The predicted octanol–water partition coefficient (Wildman–Crippen LogP) is 0.996. The van der Waals surface area contributed by atoms with Crippen molar-refractivity contribution in [2.45, 2.75) is 13.8 Å². The molecule has 74 valence electrons. The minimum Gasteiger partial charge on any atom is -0.383 e. The van der Waals surface area contributed by atoms with Crippen LogP contribution in [0.2, 0.25) is 0 Å². The van der Waals surface area contributed by atoms with Gasteiger partial charge in [0.05, 0.1) is 0 Å². The lowest BCUT2D eigenvalue weighted by molar-refractivity contribution is 0.864. The molecule has 2 aromatic heterocycles. The summed E-state index contributed by atoms with van der Waals surface area (Å²) >= 11 is 5.07. The zero-order valence-electron chi connectivity index (χ0n) is 8.27. The number of nitrogens with zero attached hydrogens (tertiary/aromatic N) is 4. The van der Waals surface area contributed by atoms with Crippen molar-refractivity contribution >= 4 is 23.7 Å². The molecule has 2 rings (SSSR count). The molecule has 0 atom stereocenters. The van der Waals surface area contributed by atoms with E-state index >= 15 is 0 Å². The average Bonchev–Trinajstić information content (AvgIpc) is 2.41. The van der Waals surface area contributed by atoms with Crippen molar-refractivity contribution in [1.82, 2.24) is 19.2 Å². The quantitative estimate of drug-likeness (QED) is 0.657. The Hall–Kier alpha value is -1.43. The largest absolute Gasteiger partial charge is 0.383 e. The van der Waals surface area contributed by atoms with Gasteiger partial charge in [0, 0.05) is 12.6 Å². The van der Waals surface area contributed by atoms with Crippen LogP contribution in [-0.2, 0) is 7.05 Å². The van der Waals surface area contributed by atoms with Gasteiger partial charge in [-0.1, -0.05) is 0 Å². The number of anilines is 1. The number of hydrogen-bond donors (Lipinski definition) is 1. The summed E-state index contributed by atoms with van der Waals surface area (Å²) in [5.74, 6) is 1.35. The van der Waals surface area contributed by atoms with Crippen molar-refractivity contribution in [3.05, 3.63) is 16.2 Å². The van der Waals surface area contributed by atoms with Gasteiger partial charge in [-0.15, -0.1) is 0 Å². The SMILES string of the molecule is Cc1c(N)nc(=S)n2nc(C)n(C)c12. The molecule has 2 heterocycles. The van der Waals surface area contributed by atoms with Gasteiger partial charge in [-0.3, -0.25) is 0 Å². The van der Waals surface area contributed by atoms with E-state index in [9.17, 15) is 0 Å². The lowest BCUT2D eigenvalue weighted by atomic mass is 10.3. The van der Waals surface area contributed by atoms with Crippen molar-refractivity contribution in [3.63, 3.8) is 0 Å². The normalized spacial score (nSPS) is 11.1. The lowest BCUT2D eigenvalue weighted by Gasteiger charge is -2.02. The summed E-state index contributed by atoms with van der Waals surface area (Å²) in [6.45, 7) is 3.82. The lowest BCUT2D eigenvalue weighted by Crippen LogP contribution is -2.03. The van der Waals surface area contributed by atoms with Gasteiger partial charge >= 0.3 is 0 Å². The summed E-state index contributed by atoms with van der Waals surface area (Å²) in [5.41, 5.74) is 7.54. The molecule has 0 aliphatic heterocycles. The maximum atomic E-state index is 5.73. The van der Waals surface area contributed by atoms with Crippen molar-refractivity contribution in [3.8, 4) is 0 Å². The van der Waals surface area contributed by atoms with Crippen LogP contribution in [0.1, 0.15) is 11.4 Å². The van der Waals surface area contributed by atoms with Crippen LogP contribution >= 0.6 is 12.2 Å². The Labute approximate surface area is 86.2 Å². The van der Waals surface area contributed by atoms with E-state index in [0.29, 0.717) is 10.6 Å². The van der Waals surface area contributed by atoms with E-state index in [4.69, 9.17) is 18.0 Å². The molecule has 0 amide bonds. The smallest absolute Gasteiger partial charge is 0.224 e. The van der Waals surface area contributed by atoms with Gasteiger partial charge in [0.15, 0.2) is 0 Å². The Morgan fingerprint density at radius 1 is 1.36 bits per heavy atom. The number of aromatic nitrogens is 4. The van der Waals surface area contributed by atoms with Gasteiger partial charge in [-0.25, -0.2) is 4.98 Å². The van der Waals surface area contributed by atoms with Crippen LogP contribution in [-0.4, -0.2) is 19.2 Å². The van der Waals surface area contributed by atoms with E-state index in [2.05, 4.69) is 10.1 Å². The highest BCUT2D eigenvalue weighted by atomic mass is 32.1. The van der Waals surface area contributed by atoms with Gasteiger partial charge in [0.25, 0.3) is 0 Å². The maximum Gasteiger partial charge on any atom is 0.224 e. The average molecular weight is 209 g/mol. The van der Waals surface area contributed by atoms with Crippen LogP contribution in [0.15, 0.2) is 0 Å². The third-order valence-corrected chi connectivity index (χ3v) is 2.63. The molecule has 14 heavy (non-hydrogen) atoms. The second kappa shape index (κ2) is 2.78. The summed E-state index contributed by atoms with van der Waals surface area (Å²) in [6.07, 6.45) is 0. The summed E-state index contributed by atoms with van der Waals surface area (Å²) < 4.78 is 3.98. The number of nitrogens with two attached hydrogens (primary N) is 1. The zero-order chi connectivity index (χ0) is 10.5. The third kappa shape index (κ3) is 1.04. The number of fused-ring (bicyclic) bond motifs is 1. The maximum absolute atomic E-state index is 5.73. The number of aryl methyl sites for hydroxylation is 3. The molecule has 0 saturated heterocycles. The van der Waals surface area contributed by atoms with Crippen LogP contribution in [0.4, 0.5) is 5.82 Å². The van der Waals surface area contributed by atoms with Gasteiger partial charge in [-0.2, -0.15) is 9.61 Å². The van der Waals surface area contributed by atoms with E-state index in [1.807, 2.05) is 25.5 Å². The molecule has 5 nitrogen and oxygen atoms in total. The van der Waals surface area contributed by atoms with Crippen molar-refractivity contribution in [2.24, 2.45) is 7.05 Å². The second-order valence-corrected chi connectivity index (χ2v) is 3.61. The standard InChI is InChI=1S/C8H11N5S/c1-4-6(9)10-8(14)13-7(4)12(3)5(2)11-13/h1-3H3,(H2,9,10,14). The zero-order valence-corrected chi connectivity index (χ0v) is 9.09. The van der Waals surface area contributed by atoms with Crippen LogP contribution in [0.3, 0.4) is 0 Å². The highest BCUT2D eigenvalue weighted by molar-refractivity contribution is 7.71. The predicted molar refractivity (Wildman–Crippen MR) is 56.7 cm³/mol. The molecular formula is C8H11N5S. The molecule has 0 radical (unpaired) electrons. The minimum atomic E-state index is 0.395. The topological polar surface area (TPSA) is 61.1 Å². The fourth-order valence-electron chi connectivity index (χ4n) is 1.45. The van der Waals surface area contributed by atoms with E-state index in [1.54, 1.807) is 4.52 Å². The first kappa shape index (κ1) is 9.14. The van der Waals surface area contributed by atoms with Crippen molar-refractivity contribution < 1.29 is 0 Å². The van der Waals surface area contributed by atoms with Gasteiger partial charge in [0.2, 0.25) is 4.77 Å². The fourth-order valence-corrected chi connectivity index (χ4v) is 1.67. The Morgan fingerprint density at radius 3 is 2.64 bits per heavy atom. The first-order chi connectivity index (χ1) is 6.52. The molecule has 0 spiro atoms. The highest BCUT2D eigenvalue weighted by Gasteiger charge is 2.10. The molecule has 0 aliphatic rings. The Bertz CT molecular complexity index is 565. The summed E-state index contributed by atoms with van der Waals surface area (Å²) in [7, 11) is 1.93. The Balaban J connectivity index is 3.11. The second-order valence-electron chi connectivity index (χ2n) is 3.25. The molecule has 0 saturated carbocycles. The van der Waals surface area contributed by atoms with Crippen LogP contribution < -0.4 is 5.73 Å². The molecule has 2 aromatic rings. The van der Waals surface area contributed by atoms with Crippen LogP contribution in [0, 0.1) is 18.6 Å². The molecule has 0 bridgehead atoms. The molecule has 6 heteroatoms. The third-order valence-electron chi connectivity index (χ3n) is 2.37. The first-order valence-corrected chi connectivity index (χ1v) is 4.61. The monoisotopic (exact) mass is 209 g/mol. The van der Waals surface area contributed by atoms with E-state index < -0.39 is 0 Å². The molecule has 2 N–H and O–H groups in total. The number of hydrogen-bond acceptors (Lipinski definition) is 4. The van der Waals surface area contributed by atoms with Gasteiger partial charge in [0.1, 0.15) is 17.3 Å². The van der Waals surface area contributed by atoms with E-state index in [1.165, 1.54) is 0 Å². The fraction of sp³-hybridized carbons (Fsp3) is 0.375. The summed E-state index contributed by atoms with van der Waals surface area (Å²) in [6, 6.07) is 0. The highest BCUT2D eigenvalue weighted by Crippen LogP contribution is 2.15. The molecule has 0 fully saturated rings. The van der Waals surface area contributed by atoms with Gasteiger partial charge < -0.3 is 10.3 Å². The van der Waals surface area contributed by atoms with Crippen molar-refractivity contribution in [1.29, 1.82) is 0 Å². The molecule has 0 aliphatic carbocycles. The van der Waals surface area contributed by atoms with E-state index in [-0.39, 0.29) is 0 Å². The number of rotatable bonds is 0. The molecule has 0 unspecified atom stereocenters. The summed E-state index contributed by atoms with van der Waals surface area (Å²) in [4.78, 5) is 4.04. The Kier molecular flexibility index (Phi) is 1.81. The summed E-state index contributed by atoms with van der Waals surface area (Å²) in [5, 5.41) is 4.27. The van der Waals surface area contributed by atoms with Crippen LogP contribution in [0.25, 0.3) is 5.65 Å². The van der Waals surface area contributed by atoms with Crippen molar-refractivity contribution in [2.75, 3.05) is 5.73 Å². The Morgan fingerprint density at radius 2 is 2.00 bits per heavy atom. The first-order valence-electron chi connectivity index (χ1n) is 4.21. The number of nitrogen functional groups attached to an aromatic ring is 1. The van der Waals surface area contributed by atoms with Gasteiger partial charge in [-0.05, 0) is 26.1 Å². The van der Waals surface area contributed by atoms with Crippen LogP contribution in [0.5, 0.6) is 0 Å². The molecular weight excluding hydrogens is 198 g/mol.